The topological polar surface area (TPSA) is 37.3 Å². The fourth-order valence-electron chi connectivity index (χ4n) is 0.370. The molecule has 0 radical (unpaired) electrons. The monoisotopic (exact) mass is 206 g/mol. The molecule has 0 aromatic rings. The summed E-state index contributed by atoms with van der Waals surface area (Å²) in [5.41, 5.74) is -0.115. The third-order valence-electron chi connectivity index (χ3n) is 1.41. The van der Waals surface area contributed by atoms with Gasteiger partial charge in [0.1, 0.15) is 0 Å². The third-order valence-corrected chi connectivity index (χ3v) is 2.81. The van der Waals surface area contributed by atoms with E-state index in [2.05, 4.69) is 22.5 Å². The zero-order valence-electron chi connectivity index (χ0n) is 6.15. The molecule has 3 heteroatoms. The molecule has 0 fully saturated rings. The summed E-state index contributed by atoms with van der Waals surface area (Å²) < 4.78 is 0. The Labute approximate surface area is 69.1 Å². The minimum absolute atomic E-state index is 0.240. The summed E-state index contributed by atoms with van der Waals surface area (Å²) in [4.78, 5) is 10.4. The average molecular weight is 207 g/mol. The molecule has 0 aliphatic carbocycles. The highest BCUT2D eigenvalue weighted by Crippen LogP contribution is 2.26. The number of carboxylic acid groups (broad SMARTS) is 1. The van der Waals surface area contributed by atoms with Crippen molar-refractivity contribution >= 4 is 21.9 Å². The molecular formula is C7H11BrO2. The van der Waals surface area contributed by atoms with E-state index in [0.29, 0.717) is 5.33 Å². The summed E-state index contributed by atoms with van der Waals surface area (Å²) in [6.07, 6.45) is 0. The zero-order chi connectivity index (χ0) is 8.36. The lowest BCUT2D eigenvalue weighted by Crippen LogP contribution is -2.21. The van der Waals surface area contributed by atoms with E-state index in [4.69, 9.17) is 5.11 Å². The van der Waals surface area contributed by atoms with E-state index in [0.717, 1.165) is 0 Å². The molecule has 0 aliphatic rings. The molecular weight excluding hydrogens is 196 g/mol. The lowest BCUT2D eigenvalue weighted by Gasteiger charge is -2.20. The predicted octanol–water partition coefficient (Wildman–Crippen LogP) is 2.05. The molecule has 0 aliphatic heterocycles. The normalized spacial score (nSPS) is 11.1. The van der Waals surface area contributed by atoms with Gasteiger partial charge in [0.25, 0.3) is 0 Å². The molecule has 1 N–H and O–H groups in total. The molecule has 0 saturated carbocycles. The van der Waals surface area contributed by atoms with Crippen LogP contribution in [0.4, 0.5) is 0 Å². The second kappa shape index (κ2) is 3.19. The van der Waals surface area contributed by atoms with E-state index in [1.165, 1.54) is 0 Å². The quantitative estimate of drug-likeness (QED) is 0.568. The number of alkyl halides is 1. The van der Waals surface area contributed by atoms with Crippen LogP contribution in [0.1, 0.15) is 13.8 Å². The molecule has 0 aromatic carbocycles. The van der Waals surface area contributed by atoms with Gasteiger partial charge in [0, 0.05) is 16.3 Å². The first kappa shape index (κ1) is 9.69. The fourth-order valence-corrected chi connectivity index (χ4v) is 0.709. The van der Waals surface area contributed by atoms with Crippen molar-refractivity contribution in [1.29, 1.82) is 0 Å². The number of halogens is 1. The maximum Gasteiger partial charge on any atom is 0.331 e. The SMILES string of the molecule is C=C(C(=O)O)C(C)(C)CBr. The Hall–Kier alpha value is -0.310. The Morgan fingerprint density at radius 3 is 2.20 bits per heavy atom. The summed E-state index contributed by atoms with van der Waals surface area (Å²) in [5.74, 6) is -0.926. The summed E-state index contributed by atoms with van der Waals surface area (Å²) in [6, 6.07) is 0. The van der Waals surface area contributed by atoms with Gasteiger partial charge < -0.3 is 5.11 Å². The Balaban J connectivity index is 4.33. The zero-order valence-corrected chi connectivity index (χ0v) is 7.73. The van der Waals surface area contributed by atoms with Gasteiger partial charge in [0.05, 0.1) is 0 Å². The largest absolute Gasteiger partial charge is 0.478 e. The number of carbonyl (C=O) groups is 1. The van der Waals surface area contributed by atoms with E-state index < -0.39 is 5.97 Å². The van der Waals surface area contributed by atoms with Crippen LogP contribution < -0.4 is 0 Å². The lowest BCUT2D eigenvalue weighted by molar-refractivity contribution is -0.133. The van der Waals surface area contributed by atoms with Crippen molar-refractivity contribution < 1.29 is 9.90 Å². The van der Waals surface area contributed by atoms with Crippen LogP contribution in [0.25, 0.3) is 0 Å². The van der Waals surface area contributed by atoms with Crippen molar-refractivity contribution in [3.63, 3.8) is 0 Å². The van der Waals surface area contributed by atoms with Crippen LogP contribution in [-0.4, -0.2) is 16.4 Å². The van der Waals surface area contributed by atoms with Gasteiger partial charge >= 0.3 is 5.97 Å². The highest BCUT2D eigenvalue weighted by molar-refractivity contribution is 9.09. The number of aliphatic carboxylic acids is 1. The summed E-state index contributed by atoms with van der Waals surface area (Å²) in [7, 11) is 0. The van der Waals surface area contributed by atoms with E-state index in [1.807, 2.05) is 13.8 Å². The molecule has 0 amide bonds. The summed E-state index contributed by atoms with van der Waals surface area (Å²) >= 11 is 3.22. The van der Waals surface area contributed by atoms with Gasteiger partial charge in [-0.25, -0.2) is 4.79 Å². The van der Waals surface area contributed by atoms with Crippen LogP contribution in [0.5, 0.6) is 0 Å². The number of hydrogen-bond acceptors (Lipinski definition) is 1. The maximum absolute atomic E-state index is 10.4. The van der Waals surface area contributed by atoms with Crippen molar-refractivity contribution in [2.24, 2.45) is 5.41 Å². The highest BCUT2D eigenvalue weighted by Gasteiger charge is 2.24. The molecule has 0 bridgehead atoms. The predicted molar refractivity (Wildman–Crippen MR) is 44.4 cm³/mol. The minimum atomic E-state index is -0.926. The van der Waals surface area contributed by atoms with Crippen LogP contribution in [-0.2, 0) is 4.79 Å². The maximum atomic E-state index is 10.4. The first-order valence-electron chi connectivity index (χ1n) is 2.90. The summed E-state index contributed by atoms with van der Waals surface area (Å²) in [5, 5.41) is 9.14. The van der Waals surface area contributed by atoms with E-state index in [9.17, 15) is 4.79 Å². The summed E-state index contributed by atoms with van der Waals surface area (Å²) in [6.45, 7) is 7.13. The molecule has 0 spiro atoms. The third kappa shape index (κ3) is 2.14. The second-order valence-corrected chi connectivity index (χ2v) is 3.36. The minimum Gasteiger partial charge on any atom is -0.478 e. The van der Waals surface area contributed by atoms with E-state index >= 15 is 0 Å². The molecule has 0 heterocycles. The molecule has 0 saturated heterocycles. The molecule has 0 unspecified atom stereocenters. The first-order valence-corrected chi connectivity index (χ1v) is 4.02. The van der Waals surface area contributed by atoms with Gasteiger partial charge in [-0.1, -0.05) is 36.4 Å². The van der Waals surface area contributed by atoms with Crippen LogP contribution in [0.2, 0.25) is 0 Å². The van der Waals surface area contributed by atoms with Gasteiger partial charge in [0.2, 0.25) is 0 Å². The molecule has 2 nitrogen and oxygen atoms in total. The molecule has 0 rings (SSSR count). The van der Waals surface area contributed by atoms with Gasteiger partial charge in [0.15, 0.2) is 0 Å². The second-order valence-electron chi connectivity index (χ2n) is 2.80. The van der Waals surface area contributed by atoms with Gasteiger partial charge in [-0.2, -0.15) is 0 Å². The molecule has 0 aromatic heterocycles. The average Bonchev–Trinajstić information content (AvgIpc) is 1.86. The van der Waals surface area contributed by atoms with Crippen molar-refractivity contribution in [2.75, 3.05) is 5.33 Å². The van der Waals surface area contributed by atoms with Crippen molar-refractivity contribution in [2.45, 2.75) is 13.8 Å². The lowest BCUT2D eigenvalue weighted by atomic mass is 9.88. The molecule has 10 heavy (non-hydrogen) atoms. The Kier molecular flexibility index (Phi) is 3.09. The van der Waals surface area contributed by atoms with Crippen molar-refractivity contribution in [3.8, 4) is 0 Å². The smallest absolute Gasteiger partial charge is 0.331 e. The van der Waals surface area contributed by atoms with Gasteiger partial charge in [-0.15, -0.1) is 0 Å². The molecule has 0 atom stereocenters. The highest BCUT2D eigenvalue weighted by atomic mass is 79.9. The van der Waals surface area contributed by atoms with Crippen LogP contribution >= 0.6 is 15.9 Å². The Morgan fingerprint density at radius 1 is 1.70 bits per heavy atom. The van der Waals surface area contributed by atoms with Gasteiger partial charge in [-0.05, 0) is 0 Å². The fraction of sp³-hybridized carbons (Fsp3) is 0.571. The number of hydrogen-bond donors (Lipinski definition) is 1. The van der Waals surface area contributed by atoms with E-state index in [-0.39, 0.29) is 11.0 Å². The Bertz CT molecular complexity index is 161. The standard InChI is InChI=1S/C7H11BrO2/c1-5(6(9)10)7(2,3)4-8/h1,4H2,2-3H3,(H,9,10). The van der Waals surface area contributed by atoms with E-state index in [1.54, 1.807) is 0 Å². The number of rotatable bonds is 3. The van der Waals surface area contributed by atoms with Crippen molar-refractivity contribution in [1.82, 2.24) is 0 Å². The van der Waals surface area contributed by atoms with Crippen LogP contribution in [0.3, 0.4) is 0 Å². The number of carboxylic acids is 1. The van der Waals surface area contributed by atoms with Gasteiger partial charge in [-0.3, -0.25) is 0 Å². The molecule has 58 valence electrons. The van der Waals surface area contributed by atoms with Crippen LogP contribution in [0, 0.1) is 5.41 Å². The van der Waals surface area contributed by atoms with Crippen LogP contribution in [0.15, 0.2) is 12.2 Å². The van der Waals surface area contributed by atoms with Crippen molar-refractivity contribution in [3.05, 3.63) is 12.2 Å². The first-order chi connectivity index (χ1) is 4.41. The Morgan fingerprint density at radius 2 is 2.10 bits per heavy atom.